The molecular weight excluding hydrogens is 176 g/mol. The summed E-state index contributed by atoms with van der Waals surface area (Å²) >= 11 is 0. The lowest BCUT2D eigenvalue weighted by Gasteiger charge is -2.38. The Balaban J connectivity index is 1.98. The third kappa shape index (κ3) is 1.65. The Bertz CT molecular complexity index is 241. The number of carbonyl (C=O) groups excluding carboxylic acids is 1. The quantitative estimate of drug-likeness (QED) is 0.674. The topological polar surface area (TPSA) is 32.3 Å². The minimum atomic E-state index is 0.336. The Morgan fingerprint density at radius 3 is 2.57 bits per heavy atom. The lowest BCUT2D eigenvalue weighted by atomic mass is 10.1. The van der Waals surface area contributed by atoms with Gasteiger partial charge in [-0.05, 0) is 26.2 Å². The summed E-state index contributed by atoms with van der Waals surface area (Å²) in [7, 11) is 0. The average molecular weight is 196 g/mol. The van der Waals surface area contributed by atoms with E-state index >= 15 is 0 Å². The minimum absolute atomic E-state index is 0.336. The highest BCUT2D eigenvalue weighted by Crippen LogP contribution is 2.39. The number of amides is 1. The smallest absolute Gasteiger partial charge is 0.226 e. The summed E-state index contributed by atoms with van der Waals surface area (Å²) in [4.78, 5) is 14.1. The van der Waals surface area contributed by atoms with Gasteiger partial charge in [-0.2, -0.15) is 0 Å². The van der Waals surface area contributed by atoms with Gasteiger partial charge in [-0.25, -0.2) is 0 Å². The van der Waals surface area contributed by atoms with Gasteiger partial charge in [0.15, 0.2) is 0 Å². The number of nitrogens with zero attached hydrogens (tertiary/aromatic N) is 1. The normalized spacial score (nSPS) is 42.4. The summed E-state index contributed by atoms with van der Waals surface area (Å²) in [5, 5.41) is 3.39. The third-order valence-electron chi connectivity index (χ3n) is 3.74. The maximum absolute atomic E-state index is 12.0. The van der Waals surface area contributed by atoms with E-state index in [1.165, 1.54) is 0 Å². The molecule has 0 bridgehead atoms. The highest BCUT2D eigenvalue weighted by atomic mass is 16.2. The molecule has 2 aliphatic rings. The van der Waals surface area contributed by atoms with Crippen LogP contribution in [0, 0.1) is 11.8 Å². The van der Waals surface area contributed by atoms with Crippen LogP contribution in [0.15, 0.2) is 0 Å². The van der Waals surface area contributed by atoms with Crippen molar-refractivity contribution in [3.05, 3.63) is 0 Å². The van der Waals surface area contributed by atoms with Gasteiger partial charge in [0, 0.05) is 31.1 Å². The molecular formula is C11H20N2O. The molecule has 1 saturated carbocycles. The van der Waals surface area contributed by atoms with E-state index in [2.05, 4.69) is 31.0 Å². The Kier molecular flexibility index (Phi) is 2.52. The molecule has 1 saturated heterocycles. The van der Waals surface area contributed by atoms with Crippen molar-refractivity contribution >= 4 is 5.91 Å². The molecule has 1 aliphatic heterocycles. The van der Waals surface area contributed by atoms with Crippen LogP contribution < -0.4 is 5.32 Å². The van der Waals surface area contributed by atoms with Crippen LogP contribution in [0.25, 0.3) is 0 Å². The molecule has 0 aromatic heterocycles. The molecule has 2 fully saturated rings. The Hall–Kier alpha value is -0.570. The van der Waals surface area contributed by atoms with Gasteiger partial charge in [0.05, 0.1) is 0 Å². The van der Waals surface area contributed by atoms with Crippen LogP contribution in [0.4, 0.5) is 0 Å². The maximum atomic E-state index is 12.0. The maximum Gasteiger partial charge on any atom is 0.226 e. The van der Waals surface area contributed by atoms with E-state index in [0.717, 1.165) is 19.5 Å². The Labute approximate surface area is 85.8 Å². The van der Waals surface area contributed by atoms with Gasteiger partial charge in [0.25, 0.3) is 0 Å². The van der Waals surface area contributed by atoms with Crippen molar-refractivity contribution in [2.75, 3.05) is 13.1 Å². The number of nitrogens with one attached hydrogen (secondary N) is 1. The monoisotopic (exact) mass is 196 g/mol. The number of hydrogen-bond acceptors (Lipinski definition) is 2. The SMILES string of the molecule is CC1CC1C(=O)N1CCNC(C)C1C. The molecule has 0 aromatic rings. The summed E-state index contributed by atoms with van der Waals surface area (Å²) in [5.41, 5.74) is 0. The van der Waals surface area contributed by atoms with Crippen LogP contribution in [-0.2, 0) is 4.79 Å². The molecule has 3 heteroatoms. The summed E-state index contributed by atoms with van der Waals surface area (Å²) in [5.74, 6) is 1.35. The molecule has 2 rings (SSSR count). The zero-order valence-electron chi connectivity index (χ0n) is 9.29. The van der Waals surface area contributed by atoms with Crippen molar-refractivity contribution in [3.63, 3.8) is 0 Å². The van der Waals surface area contributed by atoms with Crippen LogP contribution >= 0.6 is 0 Å². The predicted molar refractivity (Wildman–Crippen MR) is 55.9 cm³/mol. The largest absolute Gasteiger partial charge is 0.337 e. The summed E-state index contributed by atoms with van der Waals surface area (Å²) in [6.07, 6.45) is 1.10. The van der Waals surface area contributed by atoms with Gasteiger partial charge in [-0.1, -0.05) is 6.92 Å². The number of rotatable bonds is 1. The molecule has 80 valence electrons. The van der Waals surface area contributed by atoms with E-state index in [1.807, 2.05) is 0 Å². The molecule has 4 atom stereocenters. The Morgan fingerprint density at radius 2 is 2.00 bits per heavy atom. The first-order chi connectivity index (χ1) is 6.61. The molecule has 0 spiro atoms. The van der Waals surface area contributed by atoms with Crippen molar-refractivity contribution in [2.24, 2.45) is 11.8 Å². The van der Waals surface area contributed by atoms with Crippen LogP contribution in [0.2, 0.25) is 0 Å². The molecule has 1 aliphatic carbocycles. The fourth-order valence-corrected chi connectivity index (χ4v) is 2.25. The van der Waals surface area contributed by atoms with Crippen molar-refractivity contribution < 1.29 is 4.79 Å². The van der Waals surface area contributed by atoms with Gasteiger partial charge in [-0.3, -0.25) is 4.79 Å². The second-order valence-electron chi connectivity index (χ2n) is 4.83. The fraction of sp³-hybridized carbons (Fsp3) is 0.909. The lowest BCUT2D eigenvalue weighted by Crippen LogP contribution is -2.57. The van der Waals surface area contributed by atoms with Crippen LogP contribution in [0.1, 0.15) is 27.2 Å². The summed E-state index contributed by atoms with van der Waals surface area (Å²) in [6, 6.07) is 0.783. The van der Waals surface area contributed by atoms with E-state index in [1.54, 1.807) is 0 Å². The first-order valence-corrected chi connectivity index (χ1v) is 5.65. The second-order valence-corrected chi connectivity index (χ2v) is 4.83. The van der Waals surface area contributed by atoms with Crippen LogP contribution in [-0.4, -0.2) is 36.0 Å². The molecule has 0 radical (unpaired) electrons. The molecule has 4 unspecified atom stereocenters. The number of hydrogen-bond donors (Lipinski definition) is 1. The van der Waals surface area contributed by atoms with Crippen molar-refractivity contribution in [1.29, 1.82) is 0 Å². The van der Waals surface area contributed by atoms with Gasteiger partial charge < -0.3 is 10.2 Å². The molecule has 14 heavy (non-hydrogen) atoms. The van der Waals surface area contributed by atoms with Crippen LogP contribution in [0.3, 0.4) is 0 Å². The number of piperazine rings is 1. The summed E-state index contributed by atoms with van der Waals surface area (Å²) < 4.78 is 0. The predicted octanol–water partition coefficient (Wildman–Crippen LogP) is 0.851. The first-order valence-electron chi connectivity index (χ1n) is 5.65. The average Bonchev–Trinajstić information content (AvgIpc) is 2.87. The highest BCUT2D eigenvalue weighted by molar-refractivity contribution is 5.82. The third-order valence-corrected chi connectivity index (χ3v) is 3.74. The van der Waals surface area contributed by atoms with Gasteiger partial charge in [-0.15, -0.1) is 0 Å². The molecule has 1 N–H and O–H groups in total. The fourth-order valence-electron chi connectivity index (χ4n) is 2.25. The lowest BCUT2D eigenvalue weighted by molar-refractivity contribution is -0.136. The molecule has 3 nitrogen and oxygen atoms in total. The Morgan fingerprint density at radius 1 is 1.36 bits per heavy atom. The van der Waals surface area contributed by atoms with Gasteiger partial charge in [0.1, 0.15) is 0 Å². The molecule has 1 heterocycles. The van der Waals surface area contributed by atoms with E-state index in [0.29, 0.717) is 29.8 Å². The highest BCUT2D eigenvalue weighted by Gasteiger charge is 2.43. The molecule has 1 amide bonds. The minimum Gasteiger partial charge on any atom is -0.337 e. The van der Waals surface area contributed by atoms with Gasteiger partial charge >= 0.3 is 0 Å². The molecule has 0 aromatic carbocycles. The van der Waals surface area contributed by atoms with Gasteiger partial charge in [0.2, 0.25) is 5.91 Å². The van der Waals surface area contributed by atoms with E-state index in [4.69, 9.17) is 0 Å². The second kappa shape index (κ2) is 3.54. The number of carbonyl (C=O) groups is 1. The van der Waals surface area contributed by atoms with E-state index < -0.39 is 0 Å². The van der Waals surface area contributed by atoms with Crippen molar-refractivity contribution in [2.45, 2.75) is 39.3 Å². The van der Waals surface area contributed by atoms with E-state index in [9.17, 15) is 4.79 Å². The standard InChI is InChI=1S/C11H20N2O/c1-7-6-10(7)11(14)13-5-4-12-8(2)9(13)3/h7-10,12H,4-6H2,1-3H3. The van der Waals surface area contributed by atoms with Crippen molar-refractivity contribution in [3.8, 4) is 0 Å². The zero-order valence-corrected chi connectivity index (χ0v) is 9.29. The first kappa shape index (κ1) is 9.97. The summed E-state index contributed by atoms with van der Waals surface area (Å²) in [6.45, 7) is 8.28. The van der Waals surface area contributed by atoms with E-state index in [-0.39, 0.29) is 0 Å². The van der Waals surface area contributed by atoms with Crippen LogP contribution in [0.5, 0.6) is 0 Å². The van der Waals surface area contributed by atoms with Crippen molar-refractivity contribution in [1.82, 2.24) is 10.2 Å². The zero-order chi connectivity index (χ0) is 10.3.